The fourth-order valence-electron chi connectivity index (χ4n) is 12.5. The van der Waals surface area contributed by atoms with Gasteiger partial charge in [-0.15, -0.1) is 0 Å². The first-order chi connectivity index (χ1) is 51.3. The number of unbranched alkanes of at least 4 members (excludes halogenated alkanes) is 18. The van der Waals surface area contributed by atoms with E-state index in [0.29, 0.717) is 82.3 Å². The summed E-state index contributed by atoms with van der Waals surface area (Å²) < 4.78 is 5.96. The molecule has 2 aromatic carbocycles. The van der Waals surface area contributed by atoms with E-state index in [9.17, 15) is 52.7 Å². The molecule has 1 saturated heterocycles. The van der Waals surface area contributed by atoms with Gasteiger partial charge in [-0.3, -0.25) is 52.7 Å². The highest BCUT2D eigenvalue weighted by Gasteiger charge is 2.42. The van der Waals surface area contributed by atoms with Gasteiger partial charge in [0.05, 0.1) is 12.9 Å². The molecule has 106 heavy (non-hydrogen) atoms. The maximum Gasteiger partial charge on any atom is 0.265 e. The van der Waals surface area contributed by atoms with E-state index in [-0.39, 0.29) is 57.0 Å². The lowest BCUT2D eigenvalue weighted by Crippen LogP contribution is -2.60. The maximum atomic E-state index is 14.7. The van der Waals surface area contributed by atoms with Gasteiger partial charge in [0.2, 0.25) is 65.6 Å². The molecule has 2 unspecified atom stereocenters. The maximum absolute atomic E-state index is 14.7. The fourth-order valence-corrected chi connectivity index (χ4v) is 12.5. The van der Waals surface area contributed by atoms with Crippen LogP contribution in [0, 0.1) is 0 Å². The number of imidazole rings is 1. The number of nitrogens with one attached hydrogen (secondary N) is 13. The number of carbonyl (C=O) groups is 11. The van der Waals surface area contributed by atoms with Crippen LogP contribution in [0.3, 0.4) is 0 Å². The summed E-state index contributed by atoms with van der Waals surface area (Å²) in [7, 11) is 0. The van der Waals surface area contributed by atoms with Gasteiger partial charge >= 0.3 is 0 Å². The molecule has 1 aliphatic rings. The van der Waals surface area contributed by atoms with Crippen molar-refractivity contribution >= 4 is 75.9 Å². The molecule has 29 nitrogen and oxygen atoms in total. The molecule has 4 aromatic rings. The Labute approximate surface area is 625 Å². The van der Waals surface area contributed by atoms with Gasteiger partial charge in [-0.1, -0.05) is 185 Å². The van der Waals surface area contributed by atoms with E-state index in [0.717, 1.165) is 66.4 Å². The fraction of sp³-hybridized carbons (Fsp3) is 0.636. The van der Waals surface area contributed by atoms with Crippen LogP contribution in [0.4, 0.5) is 0 Å². The number of carbonyl (C=O) groups excluding carboxylic acids is 11. The molecule has 1 fully saturated rings. The van der Waals surface area contributed by atoms with Gasteiger partial charge in [0.25, 0.3) is 11.8 Å². The minimum atomic E-state index is -1.51. The van der Waals surface area contributed by atoms with Crippen molar-refractivity contribution < 1.29 is 57.5 Å². The summed E-state index contributed by atoms with van der Waals surface area (Å²) in [5, 5.41) is 29.8. The van der Waals surface area contributed by atoms with Crippen molar-refractivity contribution in [2.75, 3.05) is 39.3 Å². The smallest absolute Gasteiger partial charge is 0.265 e. The number of nitrogens with zero attached hydrogens (tertiary/aromatic N) is 2. The average molecular weight is 1480 g/mol. The second-order valence-electron chi connectivity index (χ2n) is 27.7. The number of H-pyrrole nitrogens is 2. The quantitative estimate of drug-likeness (QED) is 0.0252. The Morgan fingerprint density at radius 1 is 0.491 bits per heavy atom. The molecule has 0 saturated carbocycles. The van der Waals surface area contributed by atoms with E-state index in [1.807, 2.05) is 31.2 Å². The second-order valence-corrected chi connectivity index (χ2v) is 27.7. The summed E-state index contributed by atoms with van der Waals surface area (Å²) in [5.74, 6) is -6.81. The summed E-state index contributed by atoms with van der Waals surface area (Å²) in [6.45, 7) is 8.31. The number of primary amides is 1. The lowest BCUT2D eigenvalue weighted by Gasteiger charge is -2.27. The minimum absolute atomic E-state index is 0.0563. The number of fused-ring (bicyclic) bond motifs is 1. The molecule has 3 heterocycles. The zero-order valence-corrected chi connectivity index (χ0v) is 63.2. The Morgan fingerprint density at radius 3 is 1.58 bits per heavy atom. The third-order valence-corrected chi connectivity index (χ3v) is 18.7. The molecular weight excluding hydrogens is 1350 g/mol. The van der Waals surface area contributed by atoms with Crippen molar-refractivity contribution in [3.8, 4) is 0 Å². The van der Waals surface area contributed by atoms with Gasteiger partial charge < -0.3 is 79.3 Å². The summed E-state index contributed by atoms with van der Waals surface area (Å²) in [6, 6.07) is 8.65. The summed E-state index contributed by atoms with van der Waals surface area (Å²) in [4.78, 5) is 162. The molecule has 17 N–H and O–H groups in total. The molecule has 8 atom stereocenters. The molecular formula is C77H123N17O12. The van der Waals surface area contributed by atoms with Gasteiger partial charge in [0, 0.05) is 87.3 Å². The zero-order chi connectivity index (χ0) is 76.7. The number of para-hydroxylation sites is 1. The molecule has 0 radical (unpaired) electrons. The molecule has 29 heteroatoms. The Hall–Kier alpha value is -8.80. The van der Waals surface area contributed by atoms with E-state index in [4.69, 9.17) is 16.2 Å². The highest BCUT2D eigenvalue weighted by molar-refractivity contribution is 5.97. The number of hydrogen-bond donors (Lipinski definition) is 15. The number of hydrogen-bond acceptors (Lipinski definition) is 16. The normalized spacial score (nSPS) is 15.2. The predicted molar refractivity (Wildman–Crippen MR) is 407 cm³/mol. The van der Waals surface area contributed by atoms with E-state index in [1.165, 1.54) is 90.1 Å². The van der Waals surface area contributed by atoms with E-state index >= 15 is 0 Å². The van der Waals surface area contributed by atoms with Crippen molar-refractivity contribution in [1.29, 1.82) is 0 Å². The Bertz CT molecular complexity index is 3280. The highest BCUT2D eigenvalue weighted by Crippen LogP contribution is 2.21. The van der Waals surface area contributed by atoms with E-state index in [1.54, 1.807) is 36.5 Å². The lowest BCUT2D eigenvalue weighted by molar-refractivity contribution is -0.144. The van der Waals surface area contributed by atoms with Crippen molar-refractivity contribution in [2.45, 2.75) is 275 Å². The van der Waals surface area contributed by atoms with Crippen LogP contribution in [0.2, 0.25) is 0 Å². The summed E-state index contributed by atoms with van der Waals surface area (Å²) in [6.07, 6.45) is 25.8. The highest BCUT2D eigenvalue weighted by atomic mass is 16.6. The largest absolute Gasteiger partial charge is 0.368 e. The number of nitrogens with two attached hydrogens (primary N) is 2. The Kier molecular flexibility index (Phi) is 42.6. The van der Waals surface area contributed by atoms with E-state index < -0.39 is 108 Å². The van der Waals surface area contributed by atoms with Gasteiger partial charge in [0.1, 0.15) is 36.3 Å². The Balaban J connectivity index is 1.22. The van der Waals surface area contributed by atoms with Crippen molar-refractivity contribution in [3.63, 3.8) is 0 Å². The minimum Gasteiger partial charge on any atom is -0.368 e. The van der Waals surface area contributed by atoms with Crippen molar-refractivity contribution in [1.82, 2.24) is 78.6 Å². The zero-order valence-electron chi connectivity index (χ0n) is 63.2. The van der Waals surface area contributed by atoms with Crippen LogP contribution in [0.5, 0.6) is 0 Å². The molecule has 1 aliphatic heterocycles. The third kappa shape index (κ3) is 34.2. The standard InChI is InChI=1S/C77H123N17O12/c1-5-8-11-13-15-17-19-21-26-40-65(95)81-43-32-45-83-74(104)76-93-94(77(106-76)75(105)84-46-33-44-82-66(96)41-27-22-20-18-16-14-12-9-6-2)52-67(97)88-60(37-10-7-3)70(100)87-54(4)69(99)91-64(49-57-51-80-53-86-57)73(103)92-63(47-55-34-24-23-25-35-55)72(102)89-61(39-30-31-42-78)71(101)90-62(68(79)98)48-56-50-85-59-38-29-28-36-58(56)59/h23-25,28-29,34-36,38,50-51,53-54,60-64,76-77,85,93H,5-22,26-27,30-33,37,39-49,52,78H2,1-4H3,(H2,79,98)(H,80,86)(H,81,95)(H,82,96)(H,83,104)(H,84,105)(H,87,100)(H,88,97)(H,89,102)(H,90,101)(H,91,99)(H,92,103)/t54-,60-,61-,62-,63+,64-,76?,77?/m0/s1. The number of amides is 11. The molecule has 11 amide bonds. The summed E-state index contributed by atoms with van der Waals surface area (Å²) >= 11 is 0. The SMILES string of the molecule is CCCCCCCCCCCC(=O)NCCCNC(=O)C1NN(CC(=O)N[C@@H](CCCC)C(=O)N[C@@H](C)C(=O)N[C@@H](Cc2cnc[nH]2)C(=O)N[C@H](Cc2ccccc2)C(=O)N[C@@H](CCCCN)C(=O)N[C@@H](Cc2c[nH]c3ccccc23)C(N)=O)C(C(=O)NCCCNC(=O)CCCCCCCCCCC)O1. The number of benzene rings is 2. The van der Waals surface area contributed by atoms with Gasteiger partial charge in [-0.25, -0.2) is 10.4 Å². The number of aromatic nitrogens is 3. The molecule has 5 rings (SSSR count). The molecule has 0 spiro atoms. The van der Waals surface area contributed by atoms with E-state index in [2.05, 4.69) is 87.4 Å². The third-order valence-electron chi connectivity index (χ3n) is 18.7. The molecule has 0 aliphatic carbocycles. The first-order valence-corrected chi connectivity index (χ1v) is 39.0. The van der Waals surface area contributed by atoms with Crippen LogP contribution >= 0.6 is 0 Å². The first kappa shape index (κ1) is 87.8. The number of ether oxygens (including phenoxy) is 1. The van der Waals surface area contributed by atoms with Gasteiger partial charge in [-0.2, -0.15) is 5.01 Å². The number of rotatable bonds is 57. The van der Waals surface area contributed by atoms with Crippen molar-refractivity contribution in [3.05, 3.63) is 90.1 Å². The van der Waals surface area contributed by atoms with Gasteiger partial charge in [0.15, 0.2) is 0 Å². The second kappa shape index (κ2) is 51.4. The van der Waals surface area contributed by atoms with Crippen LogP contribution in [-0.4, -0.2) is 173 Å². The van der Waals surface area contributed by atoms with Crippen LogP contribution in [0.25, 0.3) is 10.9 Å². The number of hydrazine groups is 1. The average Bonchev–Trinajstić information content (AvgIpc) is 1.66. The predicted octanol–water partition coefficient (Wildman–Crippen LogP) is 5.23. The summed E-state index contributed by atoms with van der Waals surface area (Å²) in [5.41, 5.74) is 17.2. The van der Waals surface area contributed by atoms with Crippen LogP contribution in [-0.2, 0) is 76.7 Å². The van der Waals surface area contributed by atoms with Gasteiger partial charge in [-0.05, 0) is 82.0 Å². The Morgan fingerprint density at radius 2 is 0.991 bits per heavy atom. The lowest BCUT2D eigenvalue weighted by atomic mass is 10.0. The molecule has 588 valence electrons. The van der Waals surface area contributed by atoms with Crippen molar-refractivity contribution in [2.24, 2.45) is 11.5 Å². The molecule has 2 aromatic heterocycles. The molecule has 0 bridgehead atoms. The first-order valence-electron chi connectivity index (χ1n) is 39.0. The monoisotopic (exact) mass is 1480 g/mol. The van der Waals surface area contributed by atoms with Crippen LogP contribution in [0.15, 0.2) is 73.3 Å². The topological polar surface area (TPSA) is 429 Å². The van der Waals surface area contributed by atoms with Crippen LogP contribution in [0.1, 0.15) is 224 Å². The van der Waals surface area contributed by atoms with Crippen LogP contribution < -0.4 is 70.1 Å². The number of aromatic amines is 2.